The van der Waals surface area contributed by atoms with Gasteiger partial charge in [-0.1, -0.05) is 181 Å². The molecule has 0 bridgehead atoms. The van der Waals surface area contributed by atoms with Gasteiger partial charge in [0, 0.05) is 90.2 Å². The van der Waals surface area contributed by atoms with Crippen molar-refractivity contribution in [3.8, 4) is 5.75 Å². The minimum absolute atomic E-state index is 0.0342. The largest absolute Gasteiger partial charge is 0.508 e. The van der Waals surface area contributed by atoms with Crippen molar-refractivity contribution in [2.75, 3.05) is 66.4 Å². The van der Waals surface area contributed by atoms with Crippen molar-refractivity contribution in [2.45, 2.75) is 178 Å². The topological polar surface area (TPSA) is 493 Å². The number of aromatic nitrogens is 2. The van der Waals surface area contributed by atoms with Gasteiger partial charge in [0.25, 0.3) is 0 Å². The fourth-order valence-corrected chi connectivity index (χ4v) is 17.3. The molecule has 37 heteroatoms. The molecule has 0 saturated carbocycles. The summed E-state index contributed by atoms with van der Waals surface area (Å²) in [7, 11) is 6.60. The van der Waals surface area contributed by atoms with Gasteiger partial charge in [-0.3, -0.25) is 76.7 Å². The Morgan fingerprint density at radius 3 is 1.62 bits per heavy atom. The highest BCUT2D eigenvalue weighted by atomic mass is 32.2. The monoisotopic (exact) mass is 1850 g/mol. The van der Waals surface area contributed by atoms with E-state index in [-0.39, 0.29) is 75.2 Å². The zero-order chi connectivity index (χ0) is 96.0. The molecule has 0 radical (unpaired) electrons. The Balaban J connectivity index is 1.12. The number of thiazole rings is 1. The second kappa shape index (κ2) is 49.4. The number of para-hydroxylation sites is 2. The Morgan fingerprint density at radius 2 is 1.02 bits per heavy atom. The molecule has 1 saturated heterocycles. The van der Waals surface area contributed by atoms with Crippen molar-refractivity contribution >= 4 is 139 Å². The maximum Gasteiger partial charge on any atom is 0.305 e. The van der Waals surface area contributed by atoms with Crippen molar-refractivity contribution in [2.24, 2.45) is 17.6 Å². The molecule has 0 aliphatic carbocycles. The summed E-state index contributed by atoms with van der Waals surface area (Å²) < 4.78 is 0.727. The van der Waals surface area contributed by atoms with Gasteiger partial charge in [-0.2, -0.15) is 0 Å². The molecule has 1 fully saturated rings. The first-order valence-corrected chi connectivity index (χ1v) is 45.8. The molecule has 6 aromatic carbocycles. The first kappa shape index (κ1) is 102. The number of aromatic hydroxyl groups is 1. The quantitative estimate of drug-likeness (QED) is 0.0411. The van der Waals surface area contributed by atoms with Crippen LogP contribution in [0, 0.1) is 11.8 Å². The van der Waals surface area contributed by atoms with Crippen molar-refractivity contribution in [3.63, 3.8) is 0 Å². The smallest absolute Gasteiger partial charge is 0.305 e. The number of thioether (sulfide) groups is 1. The van der Waals surface area contributed by atoms with E-state index < -0.39 is 199 Å². The van der Waals surface area contributed by atoms with Crippen LogP contribution >= 0.6 is 23.1 Å². The van der Waals surface area contributed by atoms with Gasteiger partial charge in [-0.15, -0.1) is 23.1 Å². The Labute approximate surface area is 774 Å². The maximum atomic E-state index is 15.6. The van der Waals surface area contributed by atoms with E-state index >= 15 is 43.2 Å². The minimum atomic E-state index is -1.90. The predicted molar refractivity (Wildman–Crippen MR) is 498 cm³/mol. The molecule has 35 nitrogen and oxygen atoms in total. The fourth-order valence-electron chi connectivity index (χ4n) is 15.5. The van der Waals surface area contributed by atoms with E-state index in [0.717, 1.165) is 36.7 Å². The third kappa shape index (κ3) is 30.0. The predicted octanol–water partition coefficient (Wildman–Crippen LogP) is 3.62. The van der Waals surface area contributed by atoms with Gasteiger partial charge < -0.3 is 93.3 Å². The van der Waals surface area contributed by atoms with Crippen LogP contribution in [0.1, 0.15) is 106 Å². The number of nitrogens with two attached hydrogens (primary N) is 1. The van der Waals surface area contributed by atoms with Gasteiger partial charge in [0.05, 0.1) is 47.0 Å². The molecule has 2 aromatic heterocycles. The highest BCUT2D eigenvalue weighted by molar-refractivity contribution is 8.00. The maximum absolute atomic E-state index is 15.6. The first-order valence-electron chi connectivity index (χ1n) is 43.8. The number of likely N-dealkylation sites (N-methyl/N-ethyl adjacent to an activating group) is 5. The number of aryl methyl sites for hydroxylation is 1. The number of carboxylic acids is 1. The van der Waals surface area contributed by atoms with Gasteiger partial charge in [-0.05, 0) is 95.7 Å². The SMILES string of the molecule is CCCC[C@H]1C(=O)N(C)CC(=O)N[C@@H](CC(=O)O)C(=O)N[C@@H](C(C)C)C(=O)N(C)[C@@H](CCc2ccccc2)C(=O)N[C@@H](Cc2ccc(O)cc2)C(=O)N(C)CC(=O)N[C@@H](Cc2c[nH]c3ccccc23)C(=O)N[C@@H](Cc2nc3ccccc3s2)C(=O)N[C@@H](CC(C)C)C(=O)N[C@H](C(=O)NCC(N)=O)CSCC(=O)N[C@@H](Cc2ccccc2)C(=O)N(C)[C@@H](Cc2ccccc2)C(=O)N1C. The van der Waals surface area contributed by atoms with E-state index in [1.807, 2.05) is 13.0 Å². The summed E-state index contributed by atoms with van der Waals surface area (Å²) in [4.78, 5) is 249. The van der Waals surface area contributed by atoms with Gasteiger partial charge in [0.15, 0.2) is 0 Å². The molecule has 132 heavy (non-hydrogen) atoms. The van der Waals surface area contributed by atoms with Gasteiger partial charge in [-0.25, -0.2) is 4.98 Å². The van der Waals surface area contributed by atoms with Crippen LogP contribution in [-0.2, 0) is 115 Å². The van der Waals surface area contributed by atoms with Crippen LogP contribution in [0.15, 0.2) is 170 Å². The fraction of sp³-hybridized carbons (Fsp3) is 0.421. The van der Waals surface area contributed by atoms with E-state index in [2.05, 4.69) is 52.8 Å². The van der Waals surface area contributed by atoms with E-state index in [4.69, 9.17) is 10.7 Å². The van der Waals surface area contributed by atoms with E-state index in [0.29, 0.717) is 56.5 Å². The summed E-state index contributed by atoms with van der Waals surface area (Å²) in [5.41, 5.74) is 9.58. The molecular weight excluding hydrogens is 1730 g/mol. The summed E-state index contributed by atoms with van der Waals surface area (Å²) >= 11 is 2.06. The number of carboxylic acid groups (broad SMARTS) is 1. The number of nitrogens with zero attached hydrogens (tertiary/aromatic N) is 6. The number of nitrogens with one attached hydrogen (secondary N) is 10. The Kier molecular flexibility index (Phi) is 38.3. The summed E-state index contributed by atoms with van der Waals surface area (Å²) in [6.45, 7) is 6.27. The lowest BCUT2D eigenvalue weighted by molar-refractivity contribution is -0.151. The van der Waals surface area contributed by atoms with Crippen LogP contribution in [0.25, 0.3) is 21.1 Å². The van der Waals surface area contributed by atoms with E-state index in [1.54, 1.807) is 167 Å². The van der Waals surface area contributed by atoms with Crippen LogP contribution in [-0.4, -0.2) is 272 Å². The van der Waals surface area contributed by atoms with Crippen LogP contribution in [0.3, 0.4) is 0 Å². The second-order valence-corrected chi connectivity index (χ2v) is 36.0. The number of phenolic OH excluding ortho intramolecular Hbond substituents is 1. The molecule has 3 heterocycles. The molecule has 14 N–H and O–H groups in total. The lowest BCUT2D eigenvalue weighted by Gasteiger charge is -2.37. The number of phenols is 1. The number of aromatic amines is 1. The number of aliphatic carboxylic acids is 1. The van der Waals surface area contributed by atoms with Gasteiger partial charge in [0.2, 0.25) is 88.6 Å². The average Bonchev–Trinajstić information content (AvgIpc) is 1.54. The number of carbonyl (C=O) groups excluding carboxylic acids is 15. The number of hydrogen-bond donors (Lipinski definition) is 13. The average molecular weight is 1850 g/mol. The zero-order valence-corrected chi connectivity index (χ0v) is 77.3. The third-order valence-electron chi connectivity index (χ3n) is 22.7. The summed E-state index contributed by atoms with van der Waals surface area (Å²) in [5.74, 6) is -17.0. The van der Waals surface area contributed by atoms with E-state index in [1.165, 1.54) is 80.6 Å². The zero-order valence-electron chi connectivity index (χ0n) is 75.7. The molecule has 9 rings (SSSR count). The second-order valence-electron chi connectivity index (χ2n) is 33.8. The van der Waals surface area contributed by atoms with Crippen molar-refractivity contribution in [3.05, 3.63) is 203 Å². The minimum Gasteiger partial charge on any atom is -0.508 e. The third-order valence-corrected chi connectivity index (χ3v) is 24.8. The lowest BCUT2D eigenvalue weighted by Crippen LogP contribution is -2.61. The molecule has 15 amide bonds. The number of carbonyl (C=O) groups is 16. The van der Waals surface area contributed by atoms with Gasteiger partial charge >= 0.3 is 5.97 Å². The van der Waals surface area contributed by atoms with Crippen LogP contribution < -0.4 is 53.6 Å². The number of rotatable bonds is 24. The summed E-state index contributed by atoms with van der Waals surface area (Å²) in [6, 6.07) is 29.5. The molecule has 0 spiro atoms. The highest BCUT2D eigenvalue weighted by Gasteiger charge is 2.42. The molecule has 0 unspecified atom stereocenters. The van der Waals surface area contributed by atoms with Crippen LogP contribution in [0.2, 0.25) is 0 Å². The molecular formula is C95H119N17O18S2. The number of primary amides is 1. The lowest BCUT2D eigenvalue weighted by atomic mass is 9.98. The first-order chi connectivity index (χ1) is 62.9. The summed E-state index contributed by atoms with van der Waals surface area (Å²) in [5, 5.41) is 45.9. The number of fused-ring (bicyclic) bond motifs is 2. The number of H-pyrrole nitrogens is 1. The molecule has 11 atom stereocenters. The molecule has 1 aliphatic heterocycles. The standard InChI is InChI=1S/C95H119N17O18S2/c1-11-12-35-75-93(128)109(7)53-80(116)100-70(49-83(118)119)89(124)107-84(57(4)5)95(130)110(8)74(42-39-58-26-16-13-17-27-58)90(125)105-71(45-61-37-40-63(113)41-38-61)91(126)108(6)52-79(115)99-68(47-62-50-97-65-33-23-22-32-64(62)65)87(122)104-69(48-82-102-66-34-24-25-36-77(66)132-82)88(123)103-67(43-56(2)3)86(121)106-73(85(120)98-51-78(96)114)54-131-55-81(117)101-72(44-59-28-18-14-19-29-59)92(127)112(10)76(94(129)111(75)9)46-60-30-20-15-21-31-60/h13-34,36-38,40-41,50,56-57,67-76,84,97,113H,11-12,35,39,42-49,51-55H2,1-10H3,(H2,96,114)(H,98,120)(H,99,115)(H,100,116)(H,101,117)(H,103,123)(H,104,122)(H,105,125)(H,106,121)(H,107,124)(H,118,119)/t67-,68-,69-,70-,71-,72-,73-,74-,75-,76-,84-/m0/s1. The molecule has 8 aromatic rings. The van der Waals surface area contributed by atoms with Gasteiger partial charge in [0.1, 0.15) is 72.2 Å². The Morgan fingerprint density at radius 1 is 0.500 bits per heavy atom. The molecule has 1 aliphatic rings. The van der Waals surface area contributed by atoms with Crippen LogP contribution in [0.4, 0.5) is 0 Å². The Bertz CT molecular complexity index is 5340. The number of amides is 15. The van der Waals surface area contributed by atoms with Crippen molar-refractivity contribution < 1.29 is 86.9 Å². The number of unbranched alkanes of at least 4 members (excludes halogenated alkanes) is 1. The number of benzene rings is 6. The summed E-state index contributed by atoms with van der Waals surface area (Å²) in [6.07, 6.45) is 0.469. The highest BCUT2D eigenvalue weighted by Crippen LogP contribution is 2.27. The Hall–Kier alpha value is -13.6. The van der Waals surface area contributed by atoms with Crippen molar-refractivity contribution in [1.29, 1.82) is 0 Å². The van der Waals surface area contributed by atoms with E-state index in [9.17, 15) is 43.8 Å². The molecule has 704 valence electrons. The number of hydrogen-bond acceptors (Lipinski definition) is 20. The normalized spacial score (nSPS) is 21.7. The van der Waals surface area contributed by atoms with Crippen LogP contribution in [0.5, 0.6) is 5.75 Å². The van der Waals surface area contributed by atoms with Crippen molar-refractivity contribution in [1.82, 2.24) is 82.3 Å².